The van der Waals surface area contributed by atoms with Crippen LogP contribution < -0.4 is 5.32 Å². The molecule has 0 aliphatic carbocycles. The van der Waals surface area contributed by atoms with Crippen molar-refractivity contribution in [2.24, 2.45) is 0 Å². The molecule has 0 bridgehead atoms. The van der Waals surface area contributed by atoms with Gasteiger partial charge in [0.05, 0.1) is 11.1 Å². The Morgan fingerprint density at radius 2 is 1.92 bits per heavy atom. The number of fused-ring (bicyclic) bond motifs is 1. The van der Waals surface area contributed by atoms with E-state index in [4.69, 9.17) is 9.47 Å². The minimum absolute atomic E-state index is 0.00964. The molecule has 0 saturated carbocycles. The Kier molecular flexibility index (Phi) is 5.52. The van der Waals surface area contributed by atoms with E-state index >= 15 is 0 Å². The molecule has 3 rings (SSSR count). The molecule has 8 heteroatoms. The van der Waals surface area contributed by atoms with Gasteiger partial charge in [-0.2, -0.15) is 0 Å². The van der Waals surface area contributed by atoms with Gasteiger partial charge >= 0.3 is 12.1 Å². The van der Waals surface area contributed by atoms with Crippen LogP contribution >= 0.6 is 15.9 Å². The van der Waals surface area contributed by atoms with Crippen LogP contribution in [0, 0.1) is 0 Å². The van der Waals surface area contributed by atoms with E-state index < -0.39 is 12.1 Å². The molecule has 1 aromatic carbocycles. The molecular weight excluding hydrogens is 402 g/mol. The Bertz CT molecular complexity index is 940. The van der Waals surface area contributed by atoms with Crippen molar-refractivity contribution in [1.29, 1.82) is 0 Å². The maximum absolute atomic E-state index is 12.2. The number of benzene rings is 1. The zero-order chi connectivity index (χ0) is 18.5. The van der Waals surface area contributed by atoms with Crippen LogP contribution in [0.3, 0.4) is 0 Å². The van der Waals surface area contributed by atoms with E-state index in [-0.39, 0.29) is 24.7 Å². The summed E-state index contributed by atoms with van der Waals surface area (Å²) in [4.78, 5) is 28.7. The topological polar surface area (TPSA) is 81.9 Å². The summed E-state index contributed by atoms with van der Waals surface area (Å²) in [5, 5.41) is 2.59. The SMILES string of the molecule is CCOC(=O)c1nc2c(Br)cccn2c1NC(=O)OCc1ccccc1. The number of anilines is 1. The lowest BCUT2D eigenvalue weighted by Gasteiger charge is -2.08. The van der Waals surface area contributed by atoms with Gasteiger partial charge in [0.2, 0.25) is 0 Å². The van der Waals surface area contributed by atoms with Crippen molar-refractivity contribution in [3.8, 4) is 0 Å². The van der Waals surface area contributed by atoms with Crippen molar-refractivity contribution >= 4 is 39.5 Å². The van der Waals surface area contributed by atoms with Crippen LogP contribution in [-0.2, 0) is 16.1 Å². The molecule has 3 aromatic rings. The second kappa shape index (κ2) is 8.01. The highest BCUT2D eigenvalue weighted by Crippen LogP contribution is 2.25. The summed E-state index contributed by atoms with van der Waals surface area (Å²) in [6.07, 6.45) is 0.990. The second-order valence-electron chi connectivity index (χ2n) is 5.27. The Labute approximate surface area is 158 Å². The Morgan fingerprint density at radius 3 is 2.65 bits per heavy atom. The largest absolute Gasteiger partial charge is 0.461 e. The standard InChI is InChI=1S/C18H16BrN3O4/c1-2-25-17(23)14-16(22-10-6-9-13(19)15(22)20-14)21-18(24)26-11-12-7-4-3-5-8-12/h3-10H,2,11H2,1H3,(H,21,24). The maximum atomic E-state index is 12.2. The van der Waals surface area contributed by atoms with Crippen LogP contribution in [-0.4, -0.2) is 28.1 Å². The first-order valence-electron chi connectivity index (χ1n) is 7.91. The number of nitrogens with one attached hydrogen (secondary N) is 1. The molecule has 134 valence electrons. The number of nitrogens with zero attached hydrogens (tertiary/aromatic N) is 2. The lowest BCUT2D eigenvalue weighted by molar-refractivity contribution is 0.0521. The number of aromatic nitrogens is 2. The van der Waals surface area contributed by atoms with E-state index in [1.54, 1.807) is 29.7 Å². The number of rotatable bonds is 5. The molecular formula is C18H16BrN3O4. The van der Waals surface area contributed by atoms with Gasteiger partial charge in [-0.3, -0.25) is 9.72 Å². The van der Waals surface area contributed by atoms with Crippen LogP contribution in [0.4, 0.5) is 10.6 Å². The Morgan fingerprint density at radius 1 is 1.15 bits per heavy atom. The van der Waals surface area contributed by atoms with E-state index in [2.05, 4.69) is 26.2 Å². The maximum Gasteiger partial charge on any atom is 0.413 e. The Hall–Kier alpha value is -2.87. The number of imidazole rings is 1. The number of esters is 1. The minimum atomic E-state index is -0.693. The van der Waals surface area contributed by atoms with Crippen LogP contribution in [0.25, 0.3) is 5.65 Å². The van der Waals surface area contributed by atoms with E-state index in [0.29, 0.717) is 10.1 Å². The summed E-state index contributed by atoms with van der Waals surface area (Å²) in [5.41, 5.74) is 1.35. The molecule has 7 nitrogen and oxygen atoms in total. The number of pyridine rings is 1. The van der Waals surface area contributed by atoms with Gasteiger partial charge in [0.15, 0.2) is 17.2 Å². The molecule has 0 radical (unpaired) electrons. The highest BCUT2D eigenvalue weighted by Gasteiger charge is 2.23. The molecule has 0 fully saturated rings. The number of amides is 1. The molecule has 1 N–H and O–H groups in total. The summed E-state index contributed by atoms with van der Waals surface area (Å²) < 4.78 is 12.5. The average molecular weight is 418 g/mol. The van der Waals surface area contributed by atoms with Crippen LogP contribution in [0.15, 0.2) is 53.1 Å². The first-order valence-corrected chi connectivity index (χ1v) is 8.71. The minimum Gasteiger partial charge on any atom is -0.461 e. The van der Waals surface area contributed by atoms with E-state index in [0.717, 1.165) is 5.56 Å². The molecule has 2 aromatic heterocycles. The van der Waals surface area contributed by atoms with Gasteiger partial charge in [-0.15, -0.1) is 0 Å². The number of hydrogen-bond donors (Lipinski definition) is 1. The molecule has 0 spiro atoms. The first-order chi connectivity index (χ1) is 12.6. The summed E-state index contributed by atoms with van der Waals surface area (Å²) in [7, 11) is 0. The number of carbonyl (C=O) groups is 2. The first kappa shape index (κ1) is 17.9. The van der Waals surface area contributed by atoms with Crippen molar-refractivity contribution in [2.75, 3.05) is 11.9 Å². The van der Waals surface area contributed by atoms with Gasteiger partial charge in [0.1, 0.15) is 6.61 Å². The molecule has 0 atom stereocenters. The number of hydrogen-bond acceptors (Lipinski definition) is 5. The van der Waals surface area contributed by atoms with E-state index in [9.17, 15) is 9.59 Å². The van der Waals surface area contributed by atoms with Gasteiger partial charge < -0.3 is 9.47 Å². The third-order valence-corrected chi connectivity index (χ3v) is 4.12. The van der Waals surface area contributed by atoms with Gasteiger partial charge in [0.25, 0.3) is 0 Å². The van der Waals surface area contributed by atoms with Crippen LogP contribution in [0.5, 0.6) is 0 Å². The molecule has 26 heavy (non-hydrogen) atoms. The van der Waals surface area contributed by atoms with Crippen LogP contribution in [0.2, 0.25) is 0 Å². The quantitative estimate of drug-likeness (QED) is 0.633. The number of carbonyl (C=O) groups excluding carboxylic acids is 2. The van der Waals surface area contributed by atoms with Gasteiger partial charge in [-0.05, 0) is 40.5 Å². The third kappa shape index (κ3) is 3.85. The smallest absolute Gasteiger partial charge is 0.413 e. The summed E-state index contributed by atoms with van der Waals surface area (Å²) in [5.74, 6) is -0.431. The zero-order valence-electron chi connectivity index (χ0n) is 13.9. The lowest BCUT2D eigenvalue weighted by Crippen LogP contribution is -2.18. The molecule has 0 aliphatic rings. The summed E-state index contributed by atoms with van der Waals surface area (Å²) >= 11 is 3.38. The van der Waals surface area contributed by atoms with Crippen molar-refractivity contribution in [2.45, 2.75) is 13.5 Å². The fraction of sp³-hybridized carbons (Fsp3) is 0.167. The van der Waals surface area contributed by atoms with Gasteiger partial charge in [0, 0.05) is 6.20 Å². The van der Waals surface area contributed by atoms with Crippen molar-refractivity contribution < 1.29 is 19.1 Å². The summed E-state index contributed by atoms with van der Waals surface area (Å²) in [6.45, 7) is 2.01. The molecule has 0 saturated heterocycles. The molecule has 2 heterocycles. The monoisotopic (exact) mass is 417 g/mol. The van der Waals surface area contributed by atoms with E-state index in [1.807, 2.05) is 30.3 Å². The third-order valence-electron chi connectivity index (χ3n) is 3.50. The predicted octanol–water partition coefficient (Wildman–Crippen LogP) is 4.02. The number of halogens is 1. The average Bonchev–Trinajstić information content (AvgIpc) is 3.01. The summed E-state index contributed by atoms with van der Waals surface area (Å²) in [6, 6.07) is 12.8. The van der Waals surface area contributed by atoms with Crippen molar-refractivity contribution in [1.82, 2.24) is 9.38 Å². The van der Waals surface area contributed by atoms with Gasteiger partial charge in [-0.1, -0.05) is 30.3 Å². The highest BCUT2D eigenvalue weighted by atomic mass is 79.9. The van der Waals surface area contributed by atoms with Crippen molar-refractivity contribution in [3.63, 3.8) is 0 Å². The lowest BCUT2D eigenvalue weighted by atomic mass is 10.2. The van der Waals surface area contributed by atoms with Crippen molar-refractivity contribution in [3.05, 3.63) is 64.4 Å². The highest BCUT2D eigenvalue weighted by molar-refractivity contribution is 9.10. The van der Waals surface area contributed by atoms with Gasteiger partial charge in [-0.25, -0.2) is 14.6 Å². The van der Waals surface area contributed by atoms with E-state index in [1.165, 1.54) is 0 Å². The second-order valence-corrected chi connectivity index (χ2v) is 6.12. The normalized spacial score (nSPS) is 10.5. The number of ether oxygens (including phenoxy) is 2. The fourth-order valence-corrected chi connectivity index (χ4v) is 2.78. The zero-order valence-corrected chi connectivity index (χ0v) is 15.5. The fourth-order valence-electron chi connectivity index (χ4n) is 2.35. The molecule has 0 aliphatic heterocycles. The molecule has 1 amide bonds. The van der Waals surface area contributed by atoms with Crippen LogP contribution in [0.1, 0.15) is 23.0 Å². The predicted molar refractivity (Wildman–Crippen MR) is 99.1 cm³/mol. The molecule has 0 unspecified atom stereocenters. The Balaban J connectivity index is 1.85.